The van der Waals surface area contributed by atoms with Crippen molar-refractivity contribution in [1.29, 1.82) is 0 Å². The molecule has 3 N–H and O–H groups in total. The predicted octanol–water partition coefficient (Wildman–Crippen LogP) is 0.603. The van der Waals surface area contributed by atoms with Crippen LogP contribution in [0.2, 0.25) is 0 Å². The van der Waals surface area contributed by atoms with Crippen molar-refractivity contribution in [3.63, 3.8) is 0 Å². The molecule has 0 radical (unpaired) electrons. The Bertz CT molecular complexity index is 498. The maximum atomic E-state index is 12.7. The Morgan fingerprint density at radius 1 is 1.14 bits per heavy atom. The van der Waals surface area contributed by atoms with Gasteiger partial charge in [0.25, 0.3) is 0 Å². The molecule has 1 aromatic rings. The van der Waals surface area contributed by atoms with E-state index in [2.05, 4.69) is 5.32 Å². The van der Waals surface area contributed by atoms with Gasteiger partial charge in [-0.15, -0.1) is 0 Å². The summed E-state index contributed by atoms with van der Waals surface area (Å²) in [5.74, 6) is -0.263. The molecule has 6 nitrogen and oxygen atoms in total. The SMILES string of the molecule is CCNC(=O)N1CCN(C(=O)C(CN)c2ccccc2)CC1. The van der Waals surface area contributed by atoms with Crippen molar-refractivity contribution in [3.8, 4) is 0 Å². The molecule has 0 aromatic heterocycles. The number of nitrogens with one attached hydrogen (secondary N) is 1. The number of hydrogen-bond acceptors (Lipinski definition) is 3. The van der Waals surface area contributed by atoms with Gasteiger partial charge in [-0.2, -0.15) is 0 Å². The van der Waals surface area contributed by atoms with Gasteiger partial charge >= 0.3 is 6.03 Å². The van der Waals surface area contributed by atoms with Gasteiger partial charge in [0.05, 0.1) is 5.92 Å². The summed E-state index contributed by atoms with van der Waals surface area (Å²) < 4.78 is 0. The fourth-order valence-corrected chi connectivity index (χ4v) is 2.68. The minimum atomic E-state index is -0.308. The van der Waals surface area contributed by atoms with Crippen LogP contribution in [0.25, 0.3) is 0 Å². The van der Waals surface area contributed by atoms with Crippen molar-refractivity contribution in [2.75, 3.05) is 39.3 Å². The number of urea groups is 1. The Balaban J connectivity index is 1.95. The summed E-state index contributed by atoms with van der Waals surface area (Å²) in [6, 6.07) is 9.55. The molecule has 1 saturated heterocycles. The van der Waals surface area contributed by atoms with Gasteiger partial charge in [-0.05, 0) is 12.5 Å². The fraction of sp³-hybridized carbons (Fsp3) is 0.500. The molecular formula is C16H24N4O2. The summed E-state index contributed by atoms with van der Waals surface area (Å²) in [6.45, 7) is 5.02. The van der Waals surface area contributed by atoms with Crippen molar-refractivity contribution in [1.82, 2.24) is 15.1 Å². The number of carbonyl (C=O) groups excluding carboxylic acids is 2. The van der Waals surface area contributed by atoms with Gasteiger partial charge in [-0.25, -0.2) is 4.79 Å². The van der Waals surface area contributed by atoms with Crippen LogP contribution in [-0.4, -0.2) is 61.0 Å². The highest BCUT2D eigenvalue weighted by Gasteiger charge is 2.28. The Labute approximate surface area is 131 Å². The summed E-state index contributed by atoms with van der Waals surface area (Å²) >= 11 is 0. The first-order valence-electron chi connectivity index (χ1n) is 7.74. The number of nitrogens with zero attached hydrogens (tertiary/aromatic N) is 2. The second kappa shape index (κ2) is 7.79. The summed E-state index contributed by atoms with van der Waals surface area (Å²) in [5, 5.41) is 2.78. The number of hydrogen-bond donors (Lipinski definition) is 2. The third kappa shape index (κ3) is 3.76. The zero-order chi connectivity index (χ0) is 15.9. The maximum Gasteiger partial charge on any atom is 0.317 e. The predicted molar refractivity (Wildman–Crippen MR) is 85.5 cm³/mol. The van der Waals surface area contributed by atoms with Crippen molar-refractivity contribution in [2.24, 2.45) is 5.73 Å². The van der Waals surface area contributed by atoms with E-state index in [0.29, 0.717) is 39.3 Å². The van der Waals surface area contributed by atoms with Crippen molar-refractivity contribution < 1.29 is 9.59 Å². The molecule has 1 aromatic carbocycles. The Morgan fingerprint density at radius 3 is 2.27 bits per heavy atom. The molecular weight excluding hydrogens is 280 g/mol. The average Bonchev–Trinajstić information content (AvgIpc) is 2.57. The minimum Gasteiger partial charge on any atom is -0.339 e. The van der Waals surface area contributed by atoms with Gasteiger partial charge in [-0.3, -0.25) is 4.79 Å². The standard InChI is InChI=1S/C16H24N4O2/c1-2-18-16(22)20-10-8-19(9-11-20)15(21)14(12-17)13-6-4-3-5-7-13/h3-7,14H,2,8-12,17H2,1H3,(H,18,22). The third-order valence-corrected chi connectivity index (χ3v) is 3.94. The monoisotopic (exact) mass is 304 g/mol. The van der Waals surface area contributed by atoms with Crippen molar-refractivity contribution in [2.45, 2.75) is 12.8 Å². The summed E-state index contributed by atoms with van der Waals surface area (Å²) in [7, 11) is 0. The quantitative estimate of drug-likeness (QED) is 0.855. The van der Waals surface area contributed by atoms with Crippen LogP contribution in [-0.2, 0) is 4.79 Å². The van der Waals surface area contributed by atoms with Crippen LogP contribution < -0.4 is 11.1 Å². The number of rotatable bonds is 4. The lowest BCUT2D eigenvalue weighted by molar-refractivity contribution is -0.134. The molecule has 1 fully saturated rings. The molecule has 1 heterocycles. The lowest BCUT2D eigenvalue weighted by atomic mass is 9.97. The number of benzene rings is 1. The van der Waals surface area contributed by atoms with Gasteiger partial charge in [-0.1, -0.05) is 30.3 Å². The van der Waals surface area contributed by atoms with Crippen LogP contribution in [0.3, 0.4) is 0 Å². The van der Waals surface area contributed by atoms with Crippen LogP contribution in [0.15, 0.2) is 30.3 Å². The molecule has 0 spiro atoms. The van der Waals surface area contributed by atoms with Gasteiger partial charge in [0.1, 0.15) is 0 Å². The van der Waals surface area contributed by atoms with E-state index in [4.69, 9.17) is 5.73 Å². The van der Waals surface area contributed by atoms with E-state index in [1.807, 2.05) is 37.3 Å². The molecule has 120 valence electrons. The topological polar surface area (TPSA) is 78.7 Å². The van der Waals surface area contributed by atoms with Crippen LogP contribution in [0.1, 0.15) is 18.4 Å². The molecule has 1 unspecified atom stereocenters. The Hall–Kier alpha value is -2.08. The zero-order valence-corrected chi connectivity index (χ0v) is 13.0. The fourth-order valence-electron chi connectivity index (χ4n) is 2.68. The van der Waals surface area contributed by atoms with E-state index in [9.17, 15) is 9.59 Å². The van der Waals surface area contributed by atoms with E-state index in [1.54, 1.807) is 9.80 Å². The lowest BCUT2D eigenvalue weighted by Gasteiger charge is -2.36. The van der Waals surface area contributed by atoms with E-state index in [0.717, 1.165) is 5.56 Å². The molecule has 6 heteroatoms. The highest BCUT2D eigenvalue weighted by Crippen LogP contribution is 2.18. The van der Waals surface area contributed by atoms with E-state index >= 15 is 0 Å². The third-order valence-electron chi connectivity index (χ3n) is 3.94. The minimum absolute atomic E-state index is 0.0456. The first-order chi connectivity index (χ1) is 10.7. The van der Waals surface area contributed by atoms with Gasteiger partial charge < -0.3 is 20.9 Å². The molecule has 0 saturated carbocycles. The van der Waals surface area contributed by atoms with E-state index in [-0.39, 0.29) is 17.9 Å². The Morgan fingerprint density at radius 2 is 1.73 bits per heavy atom. The Kier molecular flexibility index (Phi) is 5.77. The largest absolute Gasteiger partial charge is 0.339 e. The molecule has 3 amide bonds. The van der Waals surface area contributed by atoms with E-state index < -0.39 is 0 Å². The lowest BCUT2D eigenvalue weighted by Crippen LogP contribution is -2.54. The number of piperazine rings is 1. The first kappa shape index (κ1) is 16.3. The van der Waals surface area contributed by atoms with Gasteiger partial charge in [0.15, 0.2) is 0 Å². The smallest absolute Gasteiger partial charge is 0.317 e. The molecule has 2 rings (SSSR count). The zero-order valence-electron chi connectivity index (χ0n) is 13.0. The highest BCUT2D eigenvalue weighted by molar-refractivity contribution is 5.84. The van der Waals surface area contributed by atoms with Crippen LogP contribution in [0.4, 0.5) is 4.79 Å². The van der Waals surface area contributed by atoms with Crippen molar-refractivity contribution in [3.05, 3.63) is 35.9 Å². The summed E-state index contributed by atoms with van der Waals surface area (Å²) in [6.07, 6.45) is 0. The number of amides is 3. The number of carbonyl (C=O) groups is 2. The maximum absolute atomic E-state index is 12.7. The summed E-state index contributed by atoms with van der Waals surface area (Å²) in [5.41, 5.74) is 6.75. The average molecular weight is 304 g/mol. The molecule has 1 atom stereocenters. The summed E-state index contributed by atoms with van der Waals surface area (Å²) in [4.78, 5) is 28.0. The normalized spacial score (nSPS) is 16.3. The van der Waals surface area contributed by atoms with Crippen LogP contribution >= 0.6 is 0 Å². The van der Waals surface area contributed by atoms with Crippen molar-refractivity contribution >= 4 is 11.9 Å². The van der Waals surface area contributed by atoms with E-state index in [1.165, 1.54) is 0 Å². The highest BCUT2D eigenvalue weighted by atomic mass is 16.2. The number of nitrogens with two attached hydrogens (primary N) is 1. The molecule has 22 heavy (non-hydrogen) atoms. The molecule has 0 aliphatic carbocycles. The molecule has 0 bridgehead atoms. The van der Waals surface area contributed by atoms with Gasteiger partial charge in [0.2, 0.25) is 5.91 Å². The molecule has 1 aliphatic rings. The molecule has 1 aliphatic heterocycles. The second-order valence-electron chi connectivity index (χ2n) is 5.35. The van der Waals surface area contributed by atoms with Crippen LogP contribution in [0.5, 0.6) is 0 Å². The second-order valence-corrected chi connectivity index (χ2v) is 5.35. The van der Waals surface area contributed by atoms with Crippen LogP contribution in [0, 0.1) is 0 Å². The van der Waals surface area contributed by atoms with Gasteiger partial charge in [0, 0.05) is 39.3 Å². The first-order valence-corrected chi connectivity index (χ1v) is 7.74.